The van der Waals surface area contributed by atoms with E-state index in [1.165, 1.54) is 16.2 Å². The number of rotatable bonds is 10. The molecular weight excluding hydrogens is 492 g/mol. The van der Waals surface area contributed by atoms with E-state index in [1.807, 2.05) is 53.9 Å². The van der Waals surface area contributed by atoms with Gasteiger partial charge in [-0.2, -0.15) is 0 Å². The zero-order valence-electron chi connectivity index (χ0n) is 21.0. The number of aliphatic hydroxyl groups is 2. The lowest BCUT2D eigenvalue weighted by Crippen LogP contribution is -2.47. The Morgan fingerprint density at radius 3 is 2.49 bits per heavy atom. The Morgan fingerprint density at radius 2 is 1.84 bits per heavy atom. The van der Waals surface area contributed by atoms with Crippen LogP contribution in [0, 0.1) is 0 Å². The second-order valence-electron chi connectivity index (χ2n) is 8.44. The Morgan fingerprint density at radius 1 is 1.11 bits per heavy atom. The van der Waals surface area contributed by atoms with Gasteiger partial charge in [-0.15, -0.1) is 11.3 Å². The van der Waals surface area contributed by atoms with Crippen LogP contribution in [0.25, 0.3) is 11.3 Å². The number of aldehydes is 1. The SMILES string of the molecule is CC(C)(O)N(Cc1ccccc1OCc1csc(CC=O)n1)C(=O)c1ccc(-c2ccco2)cc1.CO. The highest BCUT2D eigenvalue weighted by molar-refractivity contribution is 7.09. The van der Waals surface area contributed by atoms with Crippen LogP contribution >= 0.6 is 11.3 Å². The summed E-state index contributed by atoms with van der Waals surface area (Å²) in [5.41, 5.74) is 1.37. The van der Waals surface area contributed by atoms with Crippen LogP contribution in [0.3, 0.4) is 0 Å². The highest BCUT2D eigenvalue weighted by Gasteiger charge is 2.30. The van der Waals surface area contributed by atoms with Gasteiger partial charge in [0.15, 0.2) is 0 Å². The Balaban J connectivity index is 0.00000186. The summed E-state index contributed by atoms with van der Waals surface area (Å²) in [5.74, 6) is 0.997. The molecule has 4 aromatic rings. The van der Waals surface area contributed by atoms with Crippen LogP contribution in [0.1, 0.15) is 40.5 Å². The number of aliphatic hydroxyl groups excluding tert-OH is 1. The van der Waals surface area contributed by atoms with Gasteiger partial charge in [-0.25, -0.2) is 4.98 Å². The largest absolute Gasteiger partial charge is 0.487 e. The lowest BCUT2D eigenvalue weighted by molar-refractivity contribution is -0.107. The van der Waals surface area contributed by atoms with Gasteiger partial charge in [-0.3, -0.25) is 4.79 Å². The number of aromatic nitrogens is 1. The highest BCUT2D eigenvalue weighted by atomic mass is 32.1. The molecule has 2 N–H and O–H groups in total. The van der Waals surface area contributed by atoms with Gasteiger partial charge in [0, 0.05) is 29.2 Å². The molecule has 0 bridgehead atoms. The standard InChI is InChI=1S/C27H26N2O5S.CH4O/c1-27(2,32)29(26(31)20-11-9-19(10-12-20)23-8-5-15-33-23)16-21-6-3-4-7-24(21)34-17-22-18-35-25(28-22)13-14-30;1-2/h3-12,14-15,18,32H,13,16-17H2,1-2H3;2H,1H3. The van der Waals surface area contributed by atoms with E-state index in [-0.39, 0.29) is 25.5 Å². The average Bonchev–Trinajstić information content (AvgIpc) is 3.60. The summed E-state index contributed by atoms with van der Waals surface area (Å²) in [4.78, 5) is 29.9. The van der Waals surface area contributed by atoms with Gasteiger partial charge in [-0.1, -0.05) is 30.3 Å². The minimum atomic E-state index is -1.41. The molecule has 9 heteroatoms. The molecule has 2 aromatic heterocycles. The van der Waals surface area contributed by atoms with Crippen molar-refractivity contribution in [3.8, 4) is 17.1 Å². The fraction of sp³-hybridized carbons (Fsp3) is 0.250. The Bertz CT molecular complexity index is 1280. The molecule has 0 atom stereocenters. The Kier molecular flexibility index (Phi) is 9.73. The summed E-state index contributed by atoms with van der Waals surface area (Å²) in [6.45, 7) is 3.54. The summed E-state index contributed by atoms with van der Waals surface area (Å²) in [5, 5.41) is 20.4. The van der Waals surface area contributed by atoms with Crippen molar-refractivity contribution in [3.05, 3.63) is 94.1 Å². The van der Waals surface area contributed by atoms with E-state index in [0.717, 1.165) is 35.2 Å². The van der Waals surface area contributed by atoms with E-state index in [4.69, 9.17) is 14.3 Å². The average molecular weight is 523 g/mol. The molecule has 4 rings (SSSR count). The van der Waals surface area contributed by atoms with Gasteiger partial charge in [0.2, 0.25) is 0 Å². The number of hydrogen-bond donors (Lipinski definition) is 2. The molecule has 0 unspecified atom stereocenters. The first kappa shape index (κ1) is 27.8. The molecule has 8 nitrogen and oxygen atoms in total. The molecule has 0 radical (unpaired) electrons. The zero-order valence-corrected chi connectivity index (χ0v) is 21.8. The quantitative estimate of drug-likeness (QED) is 0.229. The van der Waals surface area contributed by atoms with Crippen molar-refractivity contribution >= 4 is 23.5 Å². The minimum absolute atomic E-state index is 0.145. The van der Waals surface area contributed by atoms with Crippen LogP contribution < -0.4 is 4.74 Å². The number of benzene rings is 2. The number of amides is 1. The topological polar surface area (TPSA) is 113 Å². The maximum absolute atomic E-state index is 13.4. The number of carbonyl (C=O) groups excluding carboxylic acids is 2. The molecule has 0 spiro atoms. The summed E-state index contributed by atoms with van der Waals surface area (Å²) < 4.78 is 11.4. The van der Waals surface area contributed by atoms with Crippen molar-refractivity contribution in [3.63, 3.8) is 0 Å². The molecular formula is C28H30N2O6S. The van der Waals surface area contributed by atoms with Crippen molar-refractivity contribution in [2.24, 2.45) is 0 Å². The zero-order chi connectivity index (χ0) is 26.8. The van der Waals surface area contributed by atoms with Gasteiger partial charge in [0.25, 0.3) is 5.91 Å². The van der Waals surface area contributed by atoms with Crippen LogP contribution in [-0.2, 0) is 24.4 Å². The molecule has 1 amide bonds. The lowest BCUT2D eigenvalue weighted by atomic mass is 10.1. The second kappa shape index (κ2) is 13.0. The van der Waals surface area contributed by atoms with Crippen LogP contribution in [0.2, 0.25) is 0 Å². The third kappa shape index (κ3) is 7.36. The summed E-state index contributed by atoms with van der Waals surface area (Å²) in [6.07, 6.45) is 2.71. The van der Waals surface area contributed by atoms with E-state index in [1.54, 1.807) is 32.2 Å². The van der Waals surface area contributed by atoms with Crippen LogP contribution in [0.15, 0.2) is 76.7 Å². The Labute approximate surface area is 219 Å². The predicted octanol–water partition coefficient (Wildman–Crippen LogP) is 4.70. The first-order valence-electron chi connectivity index (χ1n) is 11.6. The monoisotopic (exact) mass is 522 g/mol. The molecule has 0 saturated carbocycles. The van der Waals surface area contributed by atoms with Crippen molar-refractivity contribution < 1.29 is 29.0 Å². The van der Waals surface area contributed by atoms with Crippen molar-refractivity contribution in [1.29, 1.82) is 0 Å². The summed E-state index contributed by atoms with van der Waals surface area (Å²) in [7, 11) is 1.00. The van der Waals surface area contributed by atoms with E-state index >= 15 is 0 Å². The first-order valence-corrected chi connectivity index (χ1v) is 12.4. The molecule has 2 aromatic carbocycles. The fourth-order valence-electron chi connectivity index (χ4n) is 3.57. The fourth-order valence-corrected chi connectivity index (χ4v) is 4.29. The van der Waals surface area contributed by atoms with E-state index in [0.29, 0.717) is 17.1 Å². The lowest BCUT2D eigenvalue weighted by Gasteiger charge is -2.34. The number of thiazole rings is 1. The molecule has 0 fully saturated rings. The molecule has 0 aliphatic carbocycles. The van der Waals surface area contributed by atoms with E-state index in [9.17, 15) is 14.7 Å². The summed E-state index contributed by atoms with van der Waals surface area (Å²) >= 11 is 1.41. The number of nitrogens with zero attached hydrogens (tertiary/aromatic N) is 2. The molecule has 0 aliphatic rings. The second-order valence-corrected chi connectivity index (χ2v) is 9.38. The Hall–Kier alpha value is -3.79. The molecule has 194 valence electrons. The van der Waals surface area contributed by atoms with E-state index in [2.05, 4.69) is 4.98 Å². The van der Waals surface area contributed by atoms with Gasteiger partial charge in [0.05, 0.1) is 24.9 Å². The first-order chi connectivity index (χ1) is 17.8. The van der Waals surface area contributed by atoms with Crippen molar-refractivity contribution in [1.82, 2.24) is 9.88 Å². The third-order valence-corrected chi connectivity index (χ3v) is 6.30. The number of ether oxygens (including phenoxy) is 1. The van der Waals surface area contributed by atoms with Gasteiger partial charge < -0.3 is 29.1 Å². The predicted molar refractivity (Wildman–Crippen MR) is 141 cm³/mol. The van der Waals surface area contributed by atoms with Crippen molar-refractivity contribution in [2.75, 3.05) is 7.11 Å². The van der Waals surface area contributed by atoms with Crippen LogP contribution in [0.4, 0.5) is 0 Å². The molecule has 37 heavy (non-hydrogen) atoms. The maximum atomic E-state index is 13.4. The van der Waals surface area contributed by atoms with Gasteiger partial charge >= 0.3 is 0 Å². The molecule has 0 saturated heterocycles. The number of para-hydroxylation sites is 1. The van der Waals surface area contributed by atoms with Crippen molar-refractivity contribution in [2.45, 2.75) is 39.1 Å². The smallest absolute Gasteiger partial charge is 0.256 e. The highest BCUT2D eigenvalue weighted by Crippen LogP contribution is 2.27. The molecule has 0 aliphatic heterocycles. The molecule has 2 heterocycles. The minimum Gasteiger partial charge on any atom is -0.487 e. The van der Waals surface area contributed by atoms with Crippen LogP contribution in [-0.4, -0.2) is 45.1 Å². The number of carbonyl (C=O) groups is 2. The summed E-state index contributed by atoms with van der Waals surface area (Å²) in [6, 6.07) is 18.1. The number of furan rings is 1. The third-order valence-electron chi connectivity index (χ3n) is 5.38. The number of hydrogen-bond acceptors (Lipinski definition) is 8. The van der Waals surface area contributed by atoms with E-state index < -0.39 is 5.72 Å². The normalized spacial score (nSPS) is 10.8. The van der Waals surface area contributed by atoms with Gasteiger partial charge in [-0.05, 0) is 44.2 Å². The maximum Gasteiger partial charge on any atom is 0.256 e. The van der Waals surface area contributed by atoms with Gasteiger partial charge in [0.1, 0.15) is 35.1 Å². The van der Waals surface area contributed by atoms with Crippen LogP contribution in [0.5, 0.6) is 5.75 Å².